The van der Waals surface area contributed by atoms with Gasteiger partial charge < -0.3 is 24.9 Å². The van der Waals surface area contributed by atoms with E-state index in [1.165, 1.54) is 12.8 Å². The highest BCUT2D eigenvalue weighted by atomic mass is 16.5. The molecule has 0 spiro atoms. The minimum absolute atomic E-state index is 0.0858. The van der Waals surface area contributed by atoms with Crippen LogP contribution in [-0.4, -0.2) is 29.6 Å². The average molecular weight is 366 g/mol. The van der Waals surface area contributed by atoms with Gasteiger partial charge in [-0.3, -0.25) is 9.59 Å². The molecular formula is C20H22N4O3. The number of pyridine rings is 1. The number of H-pyrrole nitrogens is 1. The van der Waals surface area contributed by atoms with Gasteiger partial charge in [-0.2, -0.15) is 0 Å². The SMILES string of the molecule is CNc1ccc(-c2cn(C)c(=O)c3[nH]ccc23)c(OCC2CC2)c1NC=O. The van der Waals surface area contributed by atoms with Crippen molar-refractivity contribution in [2.45, 2.75) is 12.8 Å². The number of ether oxygens (including phenoxy) is 1. The predicted octanol–water partition coefficient (Wildman–Crippen LogP) is 2.93. The lowest BCUT2D eigenvalue weighted by atomic mass is 10.0. The molecule has 0 unspecified atom stereocenters. The van der Waals surface area contributed by atoms with Gasteiger partial charge in [0.2, 0.25) is 6.41 Å². The summed E-state index contributed by atoms with van der Waals surface area (Å²) < 4.78 is 7.73. The summed E-state index contributed by atoms with van der Waals surface area (Å²) in [6.45, 7) is 0.607. The Morgan fingerprint density at radius 2 is 2.11 bits per heavy atom. The fourth-order valence-corrected chi connectivity index (χ4v) is 3.32. The number of aromatic nitrogens is 2. The molecule has 0 saturated heterocycles. The molecule has 0 atom stereocenters. The predicted molar refractivity (Wildman–Crippen MR) is 106 cm³/mol. The molecule has 27 heavy (non-hydrogen) atoms. The Labute approximate surface area is 156 Å². The number of carbonyl (C=O) groups excluding carboxylic acids is 1. The number of aromatic amines is 1. The highest BCUT2D eigenvalue weighted by Crippen LogP contribution is 2.44. The number of rotatable bonds is 7. The third kappa shape index (κ3) is 3.05. The first-order valence-electron chi connectivity index (χ1n) is 8.99. The Kier molecular flexibility index (Phi) is 4.35. The molecule has 1 fully saturated rings. The van der Waals surface area contributed by atoms with E-state index in [9.17, 15) is 9.59 Å². The summed E-state index contributed by atoms with van der Waals surface area (Å²) in [5.74, 6) is 1.18. The Balaban J connectivity index is 1.95. The number of nitrogens with zero attached hydrogens (tertiary/aromatic N) is 1. The fraction of sp³-hybridized carbons (Fsp3) is 0.300. The summed E-state index contributed by atoms with van der Waals surface area (Å²) >= 11 is 0. The summed E-state index contributed by atoms with van der Waals surface area (Å²) in [6, 6.07) is 5.74. The molecule has 1 aromatic carbocycles. The summed E-state index contributed by atoms with van der Waals surface area (Å²) in [5, 5.41) is 6.69. The van der Waals surface area contributed by atoms with Crippen molar-refractivity contribution in [3.8, 4) is 16.9 Å². The number of anilines is 2. The lowest BCUT2D eigenvalue weighted by Crippen LogP contribution is -2.16. The molecule has 2 heterocycles. The van der Waals surface area contributed by atoms with E-state index in [1.807, 2.05) is 24.4 Å². The monoisotopic (exact) mass is 366 g/mol. The van der Waals surface area contributed by atoms with Crippen molar-refractivity contribution in [3.05, 3.63) is 40.9 Å². The summed E-state index contributed by atoms with van der Waals surface area (Å²) in [4.78, 5) is 26.6. The largest absolute Gasteiger partial charge is 0.490 e. The molecule has 0 aliphatic heterocycles. The maximum absolute atomic E-state index is 12.4. The topological polar surface area (TPSA) is 88.2 Å². The van der Waals surface area contributed by atoms with Crippen molar-refractivity contribution < 1.29 is 9.53 Å². The van der Waals surface area contributed by atoms with Gasteiger partial charge in [-0.25, -0.2) is 0 Å². The molecule has 1 amide bonds. The van der Waals surface area contributed by atoms with Gasteiger partial charge in [0.1, 0.15) is 11.2 Å². The number of carbonyl (C=O) groups is 1. The van der Waals surface area contributed by atoms with E-state index >= 15 is 0 Å². The Hall–Kier alpha value is -3.22. The van der Waals surface area contributed by atoms with Crippen LogP contribution in [0.2, 0.25) is 0 Å². The number of hydrogen-bond donors (Lipinski definition) is 3. The van der Waals surface area contributed by atoms with Crippen LogP contribution in [0.25, 0.3) is 22.0 Å². The quantitative estimate of drug-likeness (QED) is 0.561. The molecule has 1 saturated carbocycles. The standard InChI is InChI=1S/C20H22N4O3/c1-21-16-6-5-14(19(18(16)23-11-25)27-10-12-3-4-12)15-9-24(2)20(26)17-13(15)7-8-22-17/h5-9,11-12,21-22H,3-4,10H2,1-2H3,(H,23,25). The van der Waals surface area contributed by atoms with Gasteiger partial charge in [0, 0.05) is 43.0 Å². The molecule has 2 aromatic heterocycles. The molecular weight excluding hydrogens is 344 g/mol. The van der Waals surface area contributed by atoms with Crippen molar-refractivity contribution in [2.24, 2.45) is 13.0 Å². The van der Waals surface area contributed by atoms with Crippen molar-refractivity contribution in [3.63, 3.8) is 0 Å². The zero-order chi connectivity index (χ0) is 19.0. The first-order valence-corrected chi connectivity index (χ1v) is 8.99. The molecule has 1 aliphatic carbocycles. The Morgan fingerprint density at radius 3 is 2.81 bits per heavy atom. The molecule has 0 bridgehead atoms. The minimum atomic E-state index is -0.0858. The summed E-state index contributed by atoms with van der Waals surface area (Å²) in [7, 11) is 3.52. The minimum Gasteiger partial charge on any atom is -0.490 e. The van der Waals surface area contributed by atoms with E-state index in [0.717, 1.165) is 22.2 Å². The number of nitrogens with one attached hydrogen (secondary N) is 3. The van der Waals surface area contributed by atoms with Gasteiger partial charge in [0.15, 0.2) is 5.75 Å². The maximum Gasteiger partial charge on any atom is 0.274 e. The average Bonchev–Trinajstić information content (AvgIpc) is 3.37. The van der Waals surface area contributed by atoms with Crippen LogP contribution in [0.4, 0.5) is 11.4 Å². The molecule has 7 heteroatoms. The second-order valence-electron chi connectivity index (χ2n) is 6.86. The fourth-order valence-electron chi connectivity index (χ4n) is 3.32. The number of aryl methyl sites for hydroxylation is 1. The molecule has 1 aliphatic rings. The first-order chi connectivity index (χ1) is 13.1. The third-order valence-corrected chi connectivity index (χ3v) is 4.97. The zero-order valence-corrected chi connectivity index (χ0v) is 15.3. The molecule has 0 radical (unpaired) electrons. The van der Waals surface area contributed by atoms with Crippen molar-refractivity contribution in [2.75, 3.05) is 24.3 Å². The summed E-state index contributed by atoms with van der Waals surface area (Å²) in [6.07, 6.45) is 6.55. The van der Waals surface area contributed by atoms with Crippen LogP contribution in [0.15, 0.2) is 35.4 Å². The van der Waals surface area contributed by atoms with Gasteiger partial charge in [0.25, 0.3) is 5.56 Å². The van der Waals surface area contributed by atoms with E-state index in [1.54, 1.807) is 24.9 Å². The van der Waals surface area contributed by atoms with Crippen LogP contribution >= 0.6 is 0 Å². The zero-order valence-electron chi connectivity index (χ0n) is 15.3. The second kappa shape index (κ2) is 6.83. The van der Waals surface area contributed by atoms with E-state index < -0.39 is 0 Å². The van der Waals surface area contributed by atoms with E-state index in [4.69, 9.17) is 4.74 Å². The lowest BCUT2D eigenvalue weighted by Gasteiger charge is -2.19. The number of benzene rings is 1. The maximum atomic E-state index is 12.4. The third-order valence-electron chi connectivity index (χ3n) is 4.97. The van der Waals surface area contributed by atoms with Crippen LogP contribution in [0.1, 0.15) is 12.8 Å². The second-order valence-corrected chi connectivity index (χ2v) is 6.86. The van der Waals surface area contributed by atoms with Crippen LogP contribution < -0.4 is 20.9 Å². The molecule has 3 aromatic rings. The summed E-state index contributed by atoms with van der Waals surface area (Å²) in [5.41, 5.74) is 3.54. The molecule has 3 N–H and O–H groups in total. The lowest BCUT2D eigenvalue weighted by molar-refractivity contribution is -0.105. The van der Waals surface area contributed by atoms with Crippen molar-refractivity contribution >= 4 is 28.7 Å². The first kappa shape index (κ1) is 17.2. The number of hydrogen-bond acceptors (Lipinski definition) is 4. The van der Waals surface area contributed by atoms with Crippen molar-refractivity contribution in [1.29, 1.82) is 0 Å². The Morgan fingerprint density at radius 1 is 1.30 bits per heavy atom. The smallest absolute Gasteiger partial charge is 0.274 e. The molecule has 4 rings (SSSR count). The number of amides is 1. The van der Waals surface area contributed by atoms with Gasteiger partial charge >= 0.3 is 0 Å². The van der Waals surface area contributed by atoms with E-state index in [0.29, 0.717) is 35.9 Å². The highest BCUT2D eigenvalue weighted by molar-refractivity contribution is 6.00. The van der Waals surface area contributed by atoms with Crippen molar-refractivity contribution in [1.82, 2.24) is 9.55 Å². The van der Waals surface area contributed by atoms with Crippen LogP contribution in [0, 0.1) is 5.92 Å². The van der Waals surface area contributed by atoms with Gasteiger partial charge in [0.05, 0.1) is 12.3 Å². The van der Waals surface area contributed by atoms with Gasteiger partial charge in [-0.15, -0.1) is 0 Å². The normalized spacial score (nSPS) is 13.6. The van der Waals surface area contributed by atoms with Crippen LogP contribution in [0.5, 0.6) is 5.75 Å². The Bertz CT molecular complexity index is 1060. The van der Waals surface area contributed by atoms with Crippen LogP contribution in [-0.2, 0) is 11.8 Å². The molecule has 7 nitrogen and oxygen atoms in total. The van der Waals surface area contributed by atoms with E-state index in [-0.39, 0.29) is 5.56 Å². The molecule has 140 valence electrons. The van der Waals surface area contributed by atoms with Crippen LogP contribution in [0.3, 0.4) is 0 Å². The number of fused-ring (bicyclic) bond motifs is 1. The van der Waals surface area contributed by atoms with Gasteiger partial charge in [-0.05, 0) is 37.0 Å². The highest BCUT2D eigenvalue weighted by Gasteiger charge is 2.25. The van der Waals surface area contributed by atoms with Gasteiger partial charge in [-0.1, -0.05) is 0 Å². The van der Waals surface area contributed by atoms with E-state index in [2.05, 4.69) is 15.6 Å².